The van der Waals surface area contributed by atoms with Gasteiger partial charge in [-0.2, -0.15) is 0 Å². The van der Waals surface area contributed by atoms with Crippen molar-refractivity contribution in [2.24, 2.45) is 0 Å². The number of hydrogen-bond acceptors (Lipinski definition) is 2. The topological polar surface area (TPSA) is 46.1 Å². The molecule has 0 spiro atoms. The Bertz CT molecular complexity index is 543. The summed E-state index contributed by atoms with van der Waals surface area (Å²) in [4.78, 5) is 11.4. The van der Waals surface area contributed by atoms with Gasteiger partial charge in [0.1, 0.15) is 0 Å². The Kier molecular flexibility index (Phi) is 4.23. The van der Waals surface area contributed by atoms with Gasteiger partial charge in [0, 0.05) is 36.7 Å². The Hall–Kier alpha value is -2.23. The highest BCUT2D eigenvalue weighted by atomic mass is 16.1. The van der Waals surface area contributed by atoms with Crippen LogP contribution in [0.25, 0.3) is 0 Å². The fourth-order valence-corrected chi connectivity index (χ4v) is 1.99. The lowest BCUT2D eigenvalue weighted by Gasteiger charge is -2.09. The fraction of sp³-hybridized carbons (Fsp3) is 0.267. The van der Waals surface area contributed by atoms with E-state index in [0.717, 1.165) is 18.8 Å². The normalized spacial score (nSPS) is 10.2. The maximum absolute atomic E-state index is 11.4. The predicted molar refractivity (Wildman–Crippen MR) is 77.3 cm³/mol. The second kappa shape index (κ2) is 6.09. The van der Waals surface area contributed by atoms with Crippen molar-refractivity contribution in [3.05, 3.63) is 53.9 Å². The number of aromatic nitrogens is 1. The number of carbonyl (C=O) groups excluding carboxylic acids is 1. The maximum atomic E-state index is 11.4. The third-order valence-corrected chi connectivity index (χ3v) is 3.11. The zero-order valence-corrected chi connectivity index (χ0v) is 11.3. The number of aryl methyl sites for hydroxylation is 1. The van der Waals surface area contributed by atoms with E-state index in [-0.39, 0.29) is 5.91 Å². The van der Waals surface area contributed by atoms with E-state index in [4.69, 9.17) is 0 Å². The standard InChI is InChI=1S/C15H19N3O/c1-3-18-10-4-5-14(18)11-17-13-8-6-12(7-9-13)15(19)16-2/h4-10,17H,3,11H2,1-2H3,(H,16,19). The van der Waals surface area contributed by atoms with Crippen molar-refractivity contribution < 1.29 is 4.79 Å². The number of anilines is 1. The molecule has 1 heterocycles. The monoisotopic (exact) mass is 257 g/mol. The minimum Gasteiger partial charge on any atom is -0.379 e. The van der Waals surface area contributed by atoms with Crippen molar-refractivity contribution in [3.8, 4) is 0 Å². The summed E-state index contributed by atoms with van der Waals surface area (Å²) in [6.45, 7) is 3.88. The summed E-state index contributed by atoms with van der Waals surface area (Å²) in [6.07, 6.45) is 2.08. The maximum Gasteiger partial charge on any atom is 0.251 e. The average molecular weight is 257 g/mol. The average Bonchev–Trinajstić information content (AvgIpc) is 2.92. The number of amides is 1. The number of benzene rings is 1. The lowest BCUT2D eigenvalue weighted by Crippen LogP contribution is -2.17. The highest BCUT2D eigenvalue weighted by Gasteiger charge is 2.03. The zero-order valence-electron chi connectivity index (χ0n) is 11.3. The van der Waals surface area contributed by atoms with Crippen LogP contribution in [0.2, 0.25) is 0 Å². The largest absolute Gasteiger partial charge is 0.379 e. The van der Waals surface area contributed by atoms with Gasteiger partial charge in [-0.1, -0.05) is 0 Å². The van der Waals surface area contributed by atoms with E-state index in [0.29, 0.717) is 5.56 Å². The first-order valence-corrected chi connectivity index (χ1v) is 6.44. The lowest BCUT2D eigenvalue weighted by atomic mass is 10.2. The van der Waals surface area contributed by atoms with Crippen molar-refractivity contribution >= 4 is 11.6 Å². The molecule has 0 aliphatic heterocycles. The third kappa shape index (κ3) is 3.16. The molecule has 2 aromatic rings. The van der Waals surface area contributed by atoms with Crippen LogP contribution < -0.4 is 10.6 Å². The van der Waals surface area contributed by atoms with Gasteiger partial charge in [-0.15, -0.1) is 0 Å². The van der Waals surface area contributed by atoms with Gasteiger partial charge >= 0.3 is 0 Å². The van der Waals surface area contributed by atoms with Crippen molar-refractivity contribution in [2.45, 2.75) is 20.0 Å². The van der Waals surface area contributed by atoms with Crippen LogP contribution in [0, 0.1) is 0 Å². The van der Waals surface area contributed by atoms with Crippen LogP contribution in [0.15, 0.2) is 42.6 Å². The smallest absolute Gasteiger partial charge is 0.251 e. The molecular weight excluding hydrogens is 238 g/mol. The molecule has 0 unspecified atom stereocenters. The summed E-state index contributed by atoms with van der Waals surface area (Å²) in [6, 6.07) is 11.6. The van der Waals surface area contributed by atoms with Crippen LogP contribution >= 0.6 is 0 Å². The summed E-state index contributed by atoms with van der Waals surface area (Å²) in [7, 11) is 1.63. The first-order valence-electron chi connectivity index (χ1n) is 6.44. The molecule has 0 saturated heterocycles. The van der Waals surface area contributed by atoms with Crippen molar-refractivity contribution in [1.29, 1.82) is 0 Å². The van der Waals surface area contributed by atoms with Crippen LogP contribution in [-0.2, 0) is 13.1 Å². The molecule has 100 valence electrons. The Labute approximate surface area is 113 Å². The molecule has 1 aromatic heterocycles. The van der Waals surface area contributed by atoms with Gasteiger partial charge in [0.15, 0.2) is 0 Å². The highest BCUT2D eigenvalue weighted by molar-refractivity contribution is 5.94. The van der Waals surface area contributed by atoms with E-state index in [1.54, 1.807) is 7.05 Å². The summed E-state index contributed by atoms with van der Waals surface area (Å²) >= 11 is 0. The van der Waals surface area contributed by atoms with Gasteiger partial charge in [0.25, 0.3) is 5.91 Å². The molecule has 19 heavy (non-hydrogen) atoms. The van der Waals surface area contributed by atoms with E-state index in [9.17, 15) is 4.79 Å². The van der Waals surface area contributed by atoms with Gasteiger partial charge in [0.05, 0.1) is 6.54 Å². The molecule has 1 aromatic carbocycles. The van der Waals surface area contributed by atoms with E-state index in [2.05, 4.69) is 40.5 Å². The molecule has 2 N–H and O–H groups in total. The molecule has 0 aliphatic carbocycles. The third-order valence-electron chi connectivity index (χ3n) is 3.11. The summed E-state index contributed by atoms with van der Waals surface area (Å²) in [5.41, 5.74) is 2.93. The van der Waals surface area contributed by atoms with Gasteiger partial charge in [0.2, 0.25) is 0 Å². The van der Waals surface area contributed by atoms with Crippen LogP contribution in [0.5, 0.6) is 0 Å². The van der Waals surface area contributed by atoms with Gasteiger partial charge in [-0.3, -0.25) is 4.79 Å². The van der Waals surface area contributed by atoms with E-state index < -0.39 is 0 Å². The van der Waals surface area contributed by atoms with Crippen LogP contribution in [-0.4, -0.2) is 17.5 Å². The van der Waals surface area contributed by atoms with Crippen molar-refractivity contribution in [3.63, 3.8) is 0 Å². The quantitative estimate of drug-likeness (QED) is 0.864. The number of rotatable bonds is 5. The molecular formula is C15H19N3O. The Morgan fingerprint density at radius 2 is 1.95 bits per heavy atom. The number of hydrogen-bond donors (Lipinski definition) is 2. The minimum absolute atomic E-state index is 0.0635. The van der Waals surface area contributed by atoms with Gasteiger partial charge in [-0.05, 0) is 43.3 Å². The predicted octanol–water partition coefficient (Wildman–Crippen LogP) is 2.48. The molecule has 0 aliphatic rings. The first kappa shape index (κ1) is 13.2. The summed E-state index contributed by atoms with van der Waals surface area (Å²) in [5.74, 6) is -0.0635. The minimum atomic E-state index is -0.0635. The van der Waals surface area contributed by atoms with Crippen molar-refractivity contribution in [2.75, 3.05) is 12.4 Å². The molecule has 0 bridgehead atoms. The second-order valence-electron chi connectivity index (χ2n) is 4.30. The SMILES string of the molecule is CCn1cccc1CNc1ccc(C(=O)NC)cc1. The molecule has 0 radical (unpaired) electrons. The van der Waals surface area contributed by atoms with Gasteiger partial charge < -0.3 is 15.2 Å². The second-order valence-corrected chi connectivity index (χ2v) is 4.30. The van der Waals surface area contributed by atoms with E-state index >= 15 is 0 Å². The first-order chi connectivity index (χ1) is 9.24. The fourth-order valence-electron chi connectivity index (χ4n) is 1.99. The molecule has 0 saturated carbocycles. The molecule has 2 rings (SSSR count). The number of nitrogens with zero attached hydrogens (tertiary/aromatic N) is 1. The van der Waals surface area contributed by atoms with E-state index in [1.807, 2.05) is 24.3 Å². The van der Waals surface area contributed by atoms with E-state index in [1.165, 1.54) is 5.69 Å². The lowest BCUT2D eigenvalue weighted by molar-refractivity contribution is 0.0963. The Morgan fingerprint density at radius 1 is 1.21 bits per heavy atom. The van der Waals surface area contributed by atoms with Gasteiger partial charge in [-0.25, -0.2) is 0 Å². The summed E-state index contributed by atoms with van der Waals surface area (Å²) < 4.78 is 2.20. The number of carbonyl (C=O) groups is 1. The molecule has 0 fully saturated rings. The van der Waals surface area contributed by atoms with Crippen LogP contribution in [0.3, 0.4) is 0 Å². The van der Waals surface area contributed by atoms with Crippen LogP contribution in [0.4, 0.5) is 5.69 Å². The summed E-state index contributed by atoms with van der Waals surface area (Å²) in [5, 5.41) is 5.96. The highest BCUT2D eigenvalue weighted by Crippen LogP contribution is 2.11. The Balaban J connectivity index is 1.98. The Morgan fingerprint density at radius 3 is 2.58 bits per heavy atom. The van der Waals surface area contributed by atoms with Crippen molar-refractivity contribution in [1.82, 2.24) is 9.88 Å². The molecule has 4 heteroatoms. The number of nitrogens with one attached hydrogen (secondary N) is 2. The molecule has 0 atom stereocenters. The zero-order chi connectivity index (χ0) is 13.7. The molecule has 1 amide bonds. The molecule has 4 nitrogen and oxygen atoms in total. The van der Waals surface area contributed by atoms with Crippen LogP contribution in [0.1, 0.15) is 23.0 Å².